The van der Waals surface area contributed by atoms with E-state index in [0.717, 1.165) is 27.9 Å². The molecule has 0 aliphatic heterocycles. The number of aromatic nitrogens is 2. The van der Waals surface area contributed by atoms with Gasteiger partial charge in [-0.25, -0.2) is 0 Å². The molecule has 0 aliphatic carbocycles. The Labute approximate surface area is 146 Å². The molecule has 124 valence electrons. The molecule has 0 spiro atoms. The lowest BCUT2D eigenvalue weighted by molar-refractivity contribution is -0.124. The minimum atomic E-state index is -0.296. The molecule has 0 saturated heterocycles. The van der Waals surface area contributed by atoms with Crippen LogP contribution in [0, 0.1) is 0 Å². The predicted molar refractivity (Wildman–Crippen MR) is 97.2 cm³/mol. The summed E-state index contributed by atoms with van der Waals surface area (Å²) in [5.41, 5.74) is 2.13. The summed E-state index contributed by atoms with van der Waals surface area (Å²) >= 11 is 5.88. The van der Waals surface area contributed by atoms with Crippen LogP contribution in [0.3, 0.4) is 0 Å². The standard InChI is InChI=1S/C19H20ClN3O/c1-2-17(23-18-6-4-3-5-15(18)13-22-23)19(24)21-12-11-14-7-9-16(20)10-8-14/h3-10,13,17H,2,11-12H2,1H3,(H,21,24). The fraction of sp³-hybridized carbons (Fsp3) is 0.263. The van der Waals surface area contributed by atoms with E-state index in [0.29, 0.717) is 13.0 Å². The highest BCUT2D eigenvalue weighted by Gasteiger charge is 2.20. The van der Waals surface area contributed by atoms with E-state index in [1.54, 1.807) is 6.20 Å². The van der Waals surface area contributed by atoms with Crippen LogP contribution < -0.4 is 5.32 Å². The number of benzene rings is 2. The van der Waals surface area contributed by atoms with Crippen molar-refractivity contribution in [3.05, 3.63) is 65.3 Å². The van der Waals surface area contributed by atoms with Crippen molar-refractivity contribution >= 4 is 28.4 Å². The summed E-state index contributed by atoms with van der Waals surface area (Å²) in [4.78, 5) is 12.6. The Morgan fingerprint density at radius 2 is 1.96 bits per heavy atom. The van der Waals surface area contributed by atoms with Crippen LogP contribution in [0.4, 0.5) is 0 Å². The van der Waals surface area contributed by atoms with E-state index >= 15 is 0 Å². The Morgan fingerprint density at radius 3 is 2.71 bits per heavy atom. The second kappa shape index (κ2) is 7.49. The zero-order chi connectivity index (χ0) is 16.9. The molecule has 1 atom stereocenters. The van der Waals surface area contributed by atoms with Gasteiger partial charge in [-0.2, -0.15) is 5.10 Å². The number of hydrogen-bond donors (Lipinski definition) is 1. The molecule has 0 bridgehead atoms. The second-order valence-corrected chi connectivity index (χ2v) is 6.18. The number of rotatable bonds is 6. The maximum Gasteiger partial charge on any atom is 0.244 e. The van der Waals surface area contributed by atoms with Crippen LogP contribution in [0.2, 0.25) is 5.02 Å². The van der Waals surface area contributed by atoms with Crippen molar-refractivity contribution in [2.75, 3.05) is 6.54 Å². The van der Waals surface area contributed by atoms with Gasteiger partial charge in [0.05, 0.1) is 11.7 Å². The number of halogens is 1. The molecular weight excluding hydrogens is 322 g/mol. The Balaban J connectivity index is 1.65. The van der Waals surface area contributed by atoms with Gasteiger partial charge in [-0.1, -0.05) is 48.9 Å². The molecule has 3 aromatic rings. The summed E-state index contributed by atoms with van der Waals surface area (Å²) in [6, 6.07) is 15.3. The van der Waals surface area contributed by atoms with Gasteiger partial charge in [0.2, 0.25) is 5.91 Å². The highest BCUT2D eigenvalue weighted by Crippen LogP contribution is 2.20. The summed E-state index contributed by atoms with van der Waals surface area (Å²) in [7, 11) is 0. The van der Waals surface area contributed by atoms with Crippen LogP contribution in [-0.4, -0.2) is 22.2 Å². The van der Waals surface area contributed by atoms with Crippen molar-refractivity contribution in [2.45, 2.75) is 25.8 Å². The average molecular weight is 342 g/mol. The number of carbonyl (C=O) groups is 1. The van der Waals surface area contributed by atoms with E-state index in [1.165, 1.54) is 0 Å². The number of carbonyl (C=O) groups excluding carboxylic acids is 1. The minimum Gasteiger partial charge on any atom is -0.354 e. The first kappa shape index (κ1) is 16.5. The Bertz CT molecular complexity index is 826. The van der Waals surface area contributed by atoms with Crippen LogP contribution in [0.1, 0.15) is 24.9 Å². The van der Waals surface area contributed by atoms with Crippen LogP contribution in [0.25, 0.3) is 10.9 Å². The quantitative estimate of drug-likeness (QED) is 0.736. The summed E-state index contributed by atoms with van der Waals surface area (Å²) in [5, 5.41) is 9.19. The molecule has 3 rings (SSSR count). The lowest BCUT2D eigenvalue weighted by Crippen LogP contribution is -2.34. The van der Waals surface area contributed by atoms with Gasteiger partial charge in [0.1, 0.15) is 6.04 Å². The third-order valence-corrected chi connectivity index (χ3v) is 4.37. The Morgan fingerprint density at radius 1 is 1.21 bits per heavy atom. The first-order chi connectivity index (χ1) is 11.7. The third kappa shape index (κ3) is 3.60. The van der Waals surface area contributed by atoms with Crippen molar-refractivity contribution in [2.24, 2.45) is 0 Å². The number of nitrogens with one attached hydrogen (secondary N) is 1. The first-order valence-electron chi connectivity index (χ1n) is 8.13. The molecule has 1 N–H and O–H groups in total. The van der Waals surface area contributed by atoms with Gasteiger partial charge in [0.25, 0.3) is 0 Å². The van der Waals surface area contributed by atoms with E-state index in [2.05, 4.69) is 10.4 Å². The van der Waals surface area contributed by atoms with Gasteiger partial charge in [-0.15, -0.1) is 0 Å². The maximum atomic E-state index is 12.6. The third-order valence-electron chi connectivity index (χ3n) is 4.12. The zero-order valence-corrected chi connectivity index (χ0v) is 14.3. The highest BCUT2D eigenvalue weighted by atomic mass is 35.5. The molecule has 0 aliphatic rings. The minimum absolute atomic E-state index is 0.000293. The molecule has 0 saturated carbocycles. The van der Waals surface area contributed by atoms with Crippen LogP contribution in [0.5, 0.6) is 0 Å². The van der Waals surface area contributed by atoms with Gasteiger partial charge < -0.3 is 5.32 Å². The second-order valence-electron chi connectivity index (χ2n) is 5.74. The molecule has 4 nitrogen and oxygen atoms in total. The topological polar surface area (TPSA) is 46.9 Å². The Hall–Kier alpha value is -2.33. The molecule has 24 heavy (non-hydrogen) atoms. The van der Waals surface area contributed by atoms with Crippen molar-refractivity contribution in [3.8, 4) is 0 Å². The smallest absolute Gasteiger partial charge is 0.244 e. The first-order valence-corrected chi connectivity index (χ1v) is 8.51. The largest absolute Gasteiger partial charge is 0.354 e. The fourth-order valence-corrected chi connectivity index (χ4v) is 2.93. The molecule has 1 aromatic heterocycles. The number of fused-ring (bicyclic) bond motifs is 1. The van der Waals surface area contributed by atoms with Gasteiger partial charge in [-0.3, -0.25) is 9.48 Å². The van der Waals surface area contributed by atoms with Crippen LogP contribution >= 0.6 is 11.6 Å². The van der Waals surface area contributed by atoms with E-state index in [9.17, 15) is 4.79 Å². The molecule has 0 radical (unpaired) electrons. The summed E-state index contributed by atoms with van der Waals surface area (Å²) in [5.74, 6) is 0.000293. The molecule has 1 amide bonds. The molecule has 1 heterocycles. The lowest BCUT2D eigenvalue weighted by atomic mass is 10.1. The van der Waals surface area contributed by atoms with Crippen molar-refractivity contribution in [3.63, 3.8) is 0 Å². The zero-order valence-electron chi connectivity index (χ0n) is 13.6. The van der Waals surface area contributed by atoms with Gasteiger partial charge in [-0.05, 0) is 36.6 Å². The number of para-hydroxylation sites is 1. The molecule has 5 heteroatoms. The van der Waals surface area contributed by atoms with E-state index in [-0.39, 0.29) is 11.9 Å². The van der Waals surface area contributed by atoms with Gasteiger partial charge in [0, 0.05) is 17.0 Å². The van der Waals surface area contributed by atoms with E-state index in [1.807, 2.05) is 60.1 Å². The normalized spacial score (nSPS) is 12.2. The number of hydrogen-bond acceptors (Lipinski definition) is 2. The summed E-state index contributed by atoms with van der Waals surface area (Å²) in [6.45, 7) is 2.59. The number of nitrogens with zero attached hydrogens (tertiary/aromatic N) is 2. The number of amides is 1. The molecule has 0 fully saturated rings. The summed E-state index contributed by atoms with van der Waals surface area (Å²) < 4.78 is 1.81. The predicted octanol–water partition coefficient (Wildman–Crippen LogP) is 4.00. The van der Waals surface area contributed by atoms with Crippen molar-refractivity contribution in [1.82, 2.24) is 15.1 Å². The van der Waals surface area contributed by atoms with E-state index in [4.69, 9.17) is 11.6 Å². The van der Waals surface area contributed by atoms with E-state index < -0.39 is 0 Å². The molecule has 1 unspecified atom stereocenters. The monoisotopic (exact) mass is 341 g/mol. The maximum absolute atomic E-state index is 12.6. The fourth-order valence-electron chi connectivity index (χ4n) is 2.81. The summed E-state index contributed by atoms with van der Waals surface area (Å²) in [6.07, 6.45) is 3.27. The lowest BCUT2D eigenvalue weighted by Gasteiger charge is -2.16. The van der Waals surface area contributed by atoms with Crippen molar-refractivity contribution in [1.29, 1.82) is 0 Å². The van der Waals surface area contributed by atoms with Crippen molar-refractivity contribution < 1.29 is 4.79 Å². The Kier molecular flexibility index (Phi) is 5.16. The molecular formula is C19H20ClN3O. The van der Waals surface area contributed by atoms with Gasteiger partial charge >= 0.3 is 0 Å². The van der Waals surface area contributed by atoms with Gasteiger partial charge in [0.15, 0.2) is 0 Å². The molecule has 2 aromatic carbocycles. The highest BCUT2D eigenvalue weighted by molar-refractivity contribution is 6.30. The van der Waals surface area contributed by atoms with Crippen LogP contribution in [0.15, 0.2) is 54.7 Å². The average Bonchev–Trinajstić information content (AvgIpc) is 3.02. The SMILES string of the molecule is CCC(C(=O)NCCc1ccc(Cl)cc1)n1ncc2ccccc21. The van der Waals surface area contributed by atoms with Crippen LogP contribution in [-0.2, 0) is 11.2 Å².